The Labute approximate surface area is 121 Å². The topological polar surface area (TPSA) is 73.3 Å². The number of ether oxygens (including phenoxy) is 1. The van der Waals surface area contributed by atoms with Gasteiger partial charge >= 0.3 is 0 Å². The van der Waals surface area contributed by atoms with Crippen molar-refractivity contribution in [3.63, 3.8) is 0 Å². The summed E-state index contributed by atoms with van der Waals surface area (Å²) in [5, 5.41) is 9.80. The molecule has 1 N–H and O–H groups in total. The second kappa shape index (κ2) is 6.25. The first-order valence-corrected chi connectivity index (χ1v) is 8.46. The van der Waals surface area contributed by atoms with Crippen molar-refractivity contribution >= 4 is 10.2 Å². The average Bonchev–Trinajstić information content (AvgIpc) is 2.38. The van der Waals surface area contributed by atoms with Gasteiger partial charge in [0.25, 0.3) is 10.2 Å². The van der Waals surface area contributed by atoms with Gasteiger partial charge in [-0.2, -0.15) is 17.0 Å². The Balaban J connectivity index is 1.89. The van der Waals surface area contributed by atoms with Crippen molar-refractivity contribution in [1.82, 2.24) is 13.5 Å². The highest BCUT2D eigenvalue weighted by atomic mass is 32.2. The molecule has 0 aromatic heterocycles. The van der Waals surface area contributed by atoms with Gasteiger partial charge in [-0.3, -0.25) is 4.90 Å². The van der Waals surface area contributed by atoms with Gasteiger partial charge in [0.2, 0.25) is 0 Å². The zero-order valence-corrected chi connectivity index (χ0v) is 13.1. The van der Waals surface area contributed by atoms with Crippen LogP contribution in [0.4, 0.5) is 0 Å². The number of morpholine rings is 1. The molecule has 0 radical (unpaired) electrons. The molecule has 0 bridgehead atoms. The highest BCUT2D eigenvalue weighted by Crippen LogP contribution is 2.15. The summed E-state index contributed by atoms with van der Waals surface area (Å²) in [6.45, 7) is 8.20. The minimum Gasteiger partial charge on any atom is -0.389 e. The van der Waals surface area contributed by atoms with Crippen LogP contribution >= 0.6 is 0 Å². The first kappa shape index (κ1) is 16.1. The van der Waals surface area contributed by atoms with E-state index >= 15 is 0 Å². The lowest BCUT2D eigenvalue weighted by molar-refractivity contribution is 0.0248. The molecule has 0 amide bonds. The highest BCUT2D eigenvalue weighted by molar-refractivity contribution is 7.86. The third-order valence-corrected chi connectivity index (χ3v) is 5.60. The van der Waals surface area contributed by atoms with Gasteiger partial charge in [-0.05, 0) is 13.8 Å². The second-order valence-corrected chi connectivity index (χ2v) is 7.94. The minimum atomic E-state index is -3.35. The number of aliphatic hydroxyl groups is 1. The van der Waals surface area contributed by atoms with Crippen LogP contribution in [-0.2, 0) is 14.9 Å². The molecule has 2 saturated heterocycles. The third-order valence-electron chi connectivity index (χ3n) is 3.56. The lowest BCUT2D eigenvalue weighted by atomic mass is 10.1. The number of hydrogen-bond acceptors (Lipinski definition) is 5. The number of rotatable bonds is 4. The maximum absolute atomic E-state index is 12.5. The molecule has 0 atom stereocenters. The minimum absolute atomic E-state index is 0.437. The predicted octanol–water partition coefficient (Wildman–Crippen LogP) is -1.05. The van der Waals surface area contributed by atoms with Crippen LogP contribution in [0.25, 0.3) is 0 Å². The smallest absolute Gasteiger partial charge is 0.282 e. The predicted molar refractivity (Wildman–Crippen MR) is 75.6 cm³/mol. The van der Waals surface area contributed by atoms with Crippen molar-refractivity contribution in [2.24, 2.45) is 0 Å². The number of β-amino-alcohol motifs (C(OH)–C–C–N with tert-alkyl or cyclic N) is 1. The first-order chi connectivity index (χ1) is 9.29. The Bertz CT molecular complexity index is 407. The Morgan fingerprint density at radius 3 is 2.00 bits per heavy atom. The normalized spacial score (nSPS) is 24.9. The zero-order valence-electron chi connectivity index (χ0n) is 12.3. The van der Waals surface area contributed by atoms with Gasteiger partial charge in [-0.25, -0.2) is 0 Å². The van der Waals surface area contributed by atoms with Crippen molar-refractivity contribution in [1.29, 1.82) is 0 Å². The van der Waals surface area contributed by atoms with Crippen molar-refractivity contribution in [2.75, 3.05) is 59.0 Å². The van der Waals surface area contributed by atoms with Crippen molar-refractivity contribution in [3.05, 3.63) is 0 Å². The van der Waals surface area contributed by atoms with Crippen LogP contribution in [0.15, 0.2) is 0 Å². The number of nitrogens with zero attached hydrogens (tertiary/aromatic N) is 3. The van der Waals surface area contributed by atoms with Crippen LogP contribution in [0.1, 0.15) is 13.8 Å². The van der Waals surface area contributed by atoms with Gasteiger partial charge in [0.1, 0.15) is 0 Å². The molecule has 2 fully saturated rings. The molecule has 2 rings (SSSR count). The van der Waals surface area contributed by atoms with E-state index in [2.05, 4.69) is 4.90 Å². The fourth-order valence-electron chi connectivity index (χ4n) is 2.61. The van der Waals surface area contributed by atoms with E-state index in [0.29, 0.717) is 59.0 Å². The molecule has 0 saturated carbocycles. The molecule has 7 nitrogen and oxygen atoms in total. The molecular formula is C12H25N3O4S. The molecule has 0 aliphatic carbocycles. The maximum Gasteiger partial charge on any atom is 0.282 e. The Hall–Kier alpha value is -0.250. The van der Waals surface area contributed by atoms with E-state index in [1.165, 1.54) is 4.31 Å². The fraction of sp³-hybridized carbons (Fsp3) is 1.00. The maximum atomic E-state index is 12.5. The van der Waals surface area contributed by atoms with Gasteiger partial charge in [0, 0.05) is 45.8 Å². The highest BCUT2D eigenvalue weighted by Gasteiger charge is 2.33. The standard InChI is InChI=1S/C12H25N3O4S/c1-12(2,16)11-13-3-5-14(6-4-13)20(17,18)15-7-9-19-10-8-15/h16H,3-11H2,1-2H3. The second-order valence-electron chi connectivity index (χ2n) is 6.01. The molecule has 0 aromatic rings. The Kier molecular flexibility index (Phi) is 5.04. The molecular weight excluding hydrogens is 282 g/mol. The summed E-state index contributed by atoms with van der Waals surface area (Å²) in [6, 6.07) is 0. The molecule has 0 aromatic carbocycles. The summed E-state index contributed by atoms with van der Waals surface area (Å²) in [5.74, 6) is 0. The van der Waals surface area contributed by atoms with E-state index in [4.69, 9.17) is 4.74 Å². The molecule has 118 valence electrons. The van der Waals surface area contributed by atoms with Crippen LogP contribution in [0, 0.1) is 0 Å². The fourth-order valence-corrected chi connectivity index (χ4v) is 4.17. The quantitative estimate of drug-likeness (QED) is 0.718. The van der Waals surface area contributed by atoms with Gasteiger partial charge in [0.05, 0.1) is 18.8 Å². The SMILES string of the molecule is CC(C)(O)CN1CCN(S(=O)(=O)N2CCOCC2)CC1. The van der Waals surface area contributed by atoms with E-state index in [9.17, 15) is 13.5 Å². The molecule has 2 aliphatic rings. The molecule has 0 unspecified atom stereocenters. The lowest BCUT2D eigenvalue weighted by Gasteiger charge is -2.39. The van der Waals surface area contributed by atoms with E-state index in [-0.39, 0.29) is 0 Å². The summed E-state index contributed by atoms with van der Waals surface area (Å²) in [5.41, 5.74) is -0.745. The monoisotopic (exact) mass is 307 g/mol. The average molecular weight is 307 g/mol. The zero-order chi connectivity index (χ0) is 14.8. The van der Waals surface area contributed by atoms with Crippen molar-refractivity contribution in [2.45, 2.75) is 19.4 Å². The van der Waals surface area contributed by atoms with Crippen molar-refractivity contribution < 1.29 is 18.3 Å². The summed E-state index contributed by atoms with van der Waals surface area (Å²) in [7, 11) is -3.35. The first-order valence-electron chi connectivity index (χ1n) is 7.07. The van der Waals surface area contributed by atoms with Crippen LogP contribution in [0.5, 0.6) is 0 Å². The molecule has 0 spiro atoms. The van der Waals surface area contributed by atoms with E-state index in [0.717, 1.165) is 0 Å². The number of hydrogen-bond donors (Lipinski definition) is 1. The van der Waals surface area contributed by atoms with Gasteiger partial charge in [-0.1, -0.05) is 0 Å². The van der Waals surface area contributed by atoms with Crippen LogP contribution in [0.3, 0.4) is 0 Å². The van der Waals surface area contributed by atoms with Crippen LogP contribution in [0.2, 0.25) is 0 Å². The molecule has 2 heterocycles. The largest absolute Gasteiger partial charge is 0.389 e. The molecule has 20 heavy (non-hydrogen) atoms. The summed E-state index contributed by atoms with van der Waals surface area (Å²) in [6.07, 6.45) is 0. The Morgan fingerprint density at radius 1 is 1.00 bits per heavy atom. The summed E-state index contributed by atoms with van der Waals surface area (Å²) in [4.78, 5) is 2.10. The molecule has 8 heteroatoms. The van der Waals surface area contributed by atoms with Crippen molar-refractivity contribution in [3.8, 4) is 0 Å². The van der Waals surface area contributed by atoms with Gasteiger partial charge in [-0.15, -0.1) is 0 Å². The van der Waals surface area contributed by atoms with Gasteiger partial charge in [0.15, 0.2) is 0 Å². The lowest BCUT2D eigenvalue weighted by Crippen LogP contribution is -2.56. The van der Waals surface area contributed by atoms with Gasteiger partial charge < -0.3 is 9.84 Å². The van der Waals surface area contributed by atoms with Crippen LogP contribution < -0.4 is 0 Å². The summed E-state index contributed by atoms with van der Waals surface area (Å²) >= 11 is 0. The van der Waals surface area contributed by atoms with E-state index < -0.39 is 15.8 Å². The Morgan fingerprint density at radius 2 is 1.50 bits per heavy atom. The van der Waals surface area contributed by atoms with E-state index in [1.54, 1.807) is 18.2 Å². The number of piperazine rings is 1. The van der Waals surface area contributed by atoms with E-state index in [1.807, 2.05) is 0 Å². The van der Waals surface area contributed by atoms with Crippen LogP contribution in [-0.4, -0.2) is 91.7 Å². The third kappa shape index (κ3) is 4.12. The molecule has 2 aliphatic heterocycles. The summed E-state index contributed by atoms with van der Waals surface area (Å²) < 4.78 is 33.2.